The van der Waals surface area contributed by atoms with Crippen LogP contribution in [0.4, 0.5) is 8.78 Å². The lowest BCUT2D eigenvalue weighted by atomic mass is 9.68. The molecule has 8 nitrogen and oxygen atoms in total. The third-order valence-corrected chi connectivity index (χ3v) is 4.17. The SMILES string of the molecule is O=C(O)c1ccc(C2=CC(C(=O)O)(C(=O)O)C(C(=O)O)C=C2C(F)F)cc1. The fourth-order valence-corrected chi connectivity index (χ4v) is 2.78. The Bertz CT molecular complexity index is 869. The molecular formula is C17H12F2O8. The minimum Gasteiger partial charge on any atom is -0.481 e. The van der Waals surface area contributed by atoms with E-state index in [9.17, 15) is 43.3 Å². The minimum absolute atomic E-state index is 0.0812. The molecule has 1 aromatic rings. The molecule has 0 saturated carbocycles. The first-order valence-corrected chi connectivity index (χ1v) is 7.28. The number of benzene rings is 1. The predicted octanol–water partition coefficient (Wildman–Crippen LogP) is 1.83. The van der Waals surface area contributed by atoms with Gasteiger partial charge in [0, 0.05) is 5.57 Å². The average Bonchev–Trinajstić information content (AvgIpc) is 2.59. The number of carbonyl (C=O) groups is 4. The van der Waals surface area contributed by atoms with E-state index in [0.717, 1.165) is 24.3 Å². The standard InChI is InChI=1S/C17H12F2O8/c18-12(19)9-5-11(14(22)23)17(15(24)25,16(26)27)6-10(9)7-1-3-8(4-2-7)13(20)21/h1-6,11-12H,(H,20,21)(H,22,23)(H,24,25)(H,26,27). The molecule has 0 fully saturated rings. The Morgan fingerprint density at radius 2 is 1.44 bits per heavy atom. The van der Waals surface area contributed by atoms with Crippen molar-refractivity contribution in [3.8, 4) is 0 Å². The van der Waals surface area contributed by atoms with Gasteiger partial charge in [0.1, 0.15) is 5.92 Å². The number of allylic oxidation sites excluding steroid dienone is 2. The summed E-state index contributed by atoms with van der Waals surface area (Å²) in [6, 6.07) is 4.32. The van der Waals surface area contributed by atoms with Crippen molar-refractivity contribution in [2.45, 2.75) is 6.43 Å². The van der Waals surface area contributed by atoms with E-state index in [1.807, 2.05) is 0 Å². The smallest absolute Gasteiger partial charge is 0.335 e. The summed E-state index contributed by atoms with van der Waals surface area (Å²) >= 11 is 0. The molecule has 4 N–H and O–H groups in total. The zero-order chi connectivity index (χ0) is 20.5. The van der Waals surface area contributed by atoms with E-state index >= 15 is 0 Å². The first-order chi connectivity index (χ1) is 12.5. The van der Waals surface area contributed by atoms with Gasteiger partial charge in [0.25, 0.3) is 6.43 Å². The number of carboxylic acid groups (broad SMARTS) is 4. The van der Waals surface area contributed by atoms with Crippen molar-refractivity contribution in [1.29, 1.82) is 0 Å². The van der Waals surface area contributed by atoms with E-state index in [4.69, 9.17) is 5.11 Å². The van der Waals surface area contributed by atoms with Crippen LogP contribution in [0.15, 0.2) is 42.0 Å². The van der Waals surface area contributed by atoms with Gasteiger partial charge in [-0.25, -0.2) is 13.6 Å². The second-order valence-electron chi connectivity index (χ2n) is 5.66. The van der Waals surface area contributed by atoms with Crippen LogP contribution in [0.1, 0.15) is 15.9 Å². The molecule has 0 spiro atoms. The Hall–Kier alpha value is -3.56. The van der Waals surface area contributed by atoms with E-state index in [1.54, 1.807) is 0 Å². The maximum atomic E-state index is 13.5. The summed E-state index contributed by atoms with van der Waals surface area (Å²) in [5, 5.41) is 36.9. The fraction of sp³-hybridized carbons (Fsp3) is 0.176. The Morgan fingerprint density at radius 3 is 1.81 bits per heavy atom. The lowest BCUT2D eigenvalue weighted by Gasteiger charge is -2.32. The molecule has 1 aliphatic carbocycles. The van der Waals surface area contributed by atoms with Crippen molar-refractivity contribution in [3.05, 3.63) is 53.1 Å². The van der Waals surface area contributed by atoms with Crippen LogP contribution in [-0.4, -0.2) is 50.7 Å². The molecule has 0 amide bonds. The van der Waals surface area contributed by atoms with Gasteiger partial charge < -0.3 is 20.4 Å². The highest BCUT2D eigenvalue weighted by Crippen LogP contribution is 2.44. The van der Waals surface area contributed by atoms with E-state index in [-0.39, 0.29) is 11.1 Å². The molecule has 2 rings (SSSR count). The Balaban J connectivity index is 2.76. The number of hydrogen-bond acceptors (Lipinski definition) is 4. The molecule has 0 radical (unpaired) electrons. The van der Waals surface area contributed by atoms with Crippen molar-refractivity contribution in [1.82, 2.24) is 0 Å². The number of aromatic carboxylic acids is 1. The van der Waals surface area contributed by atoms with Gasteiger partial charge in [0.2, 0.25) is 0 Å². The zero-order valence-corrected chi connectivity index (χ0v) is 13.3. The first kappa shape index (κ1) is 19.8. The second kappa shape index (κ2) is 6.98. The van der Waals surface area contributed by atoms with Crippen molar-refractivity contribution < 1.29 is 48.4 Å². The van der Waals surface area contributed by atoms with Gasteiger partial charge in [-0.2, -0.15) is 0 Å². The van der Waals surface area contributed by atoms with E-state index in [2.05, 4.69) is 0 Å². The van der Waals surface area contributed by atoms with Crippen molar-refractivity contribution in [3.63, 3.8) is 0 Å². The predicted molar refractivity (Wildman–Crippen MR) is 84.3 cm³/mol. The van der Waals surface area contributed by atoms with Gasteiger partial charge in [0.05, 0.1) is 5.56 Å². The summed E-state index contributed by atoms with van der Waals surface area (Å²) in [6.07, 6.45) is -2.35. The maximum Gasteiger partial charge on any atom is 0.335 e. The molecule has 1 aliphatic rings. The monoisotopic (exact) mass is 382 g/mol. The van der Waals surface area contributed by atoms with Crippen LogP contribution in [0.25, 0.3) is 5.57 Å². The molecule has 0 saturated heterocycles. The van der Waals surface area contributed by atoms with Gasteiger partial charge in [-0.3, -0.25) is 14.4 Å². The lowest BCUT2D eigenvalue weighted by Crippen LogP contribution is -2.48. The summed E-state index contributed by atoms with van der Waals surface area (Å²) in [7, 11) is 0. The summed E-state index contributed by atoms with van der Waals surface area (Å²) in [6.45, 7) is 0. The second-order valence-corrected chi connectivity index (χ2v) is 5.66. The molecule has 1 aromatic carbocycles. The van der Waals surface area contributed by atoms with E-state index < -0.39 is 52.8 Å². The molecule has 142 valence electrons. The van der Waals surface area contributed by atoms with Gasteiger partial charge in [-0.05, 0) is 29.3 Å². The van der Waals surface area contributed by atoms with Crippen LogP contribution in [0, 0.1) is 11.3 Å². The van der Waals surface area contributed by atoms with Gasteiger partial charge in [-0.1, -0.05) is 18.2 Å². The normalized spacial score (nSPS) is 18.4. The zero-order valence-electron chi connectivity index (χ0n) is 13.3. The largest absolute Gasteiger partial charge is 0.481 e. The molecule has 1 unspecified atom stereocenters. The number of rotatable bonds is 6. The third-order valence-electron chi connectivity index (χ3n) is 4.17. The minimum atomic E-state index is -3.22. The van der Waals surface area contributed by atoms with Crippen LogP contribution in [0.2, 0.25) is 0 Å². The Kier molecular flexibility index (Phi) is 5.11. The quantitative estimate of drug-likeness (QED) is 0.544. The highest BCUT2D eigenvalue weighted by Gasteiger charge is 2.56. The maximum absolute atomic E-state index is 13.5. The van der Waals surface area contributed by atoms with Crippen LogP contribution in [0.3, 0.4) is 0 Å². The highest BCUT2D eigenvalue weighted by molar-refractivity contribution is 6.08. The number of carboxylic acids is 4. The fourth-order valence-electron chi connectivity index (χ4n) is 2.78. The van der Waals surface area contributed by atoms with E-state index in [1.165, 1.54) is 0 Å². The third kappa shape index (κ3) is 3.28. The summed E-state index contributed by atoms with van der Waals surface area (Å²) < 4.78 is 26.9. The molecule has 0 aliphatic heterocycles. The van der Waals surface area contributed by atoms with Crippen molar-refractivity contribution in [2.75, 3.05) is 0 Å². The first-order valence-electron chi connectivity index (χ1n) is 7.28. The van der Waals surface area contributed by atoms with Crippen LogP contribution in [-0.2, 0) is 14.4 Å². The summed E-state index contributed by atoms with van der Waals surface area (Å²) in [5.74, 6) is -9.52. The number of aliphatic carboxylic acids is 3. The van der Waals surface area contributed by atoms with Gasteiger partial charge >= 0.3 is 23.9 Å². The number of halogens is 2. The molecule has 1 atom stereocenters. The van der Waals surface area contributed by atoms with Crippen molar-refractivity contribution >= 4 is 29.5 Å². The highest BCUT2D eigenvalue weighted by atomic mass is 19.3. The lowest BCUT2D eigenvalue weighted by molar-refractivity contribution is -0.169. The number of hydrogen-bond donors (Lipinski definition) is 4. The van der Waals surface area contributed by atoms with E-state index in [0.29, 0.717) is 12.2 Å². The average molecular weight is 382 g/mol. The van der Waals surface area contributed by atoms with Crippen LogP contribution < -0.4 is 0 Å². The van der Waals surface area contributed by atoms with Gasteiger partial charge in [0.15, 0.2) is 5.41 Å². The van der Waals surface area contributed by atoms with Crippen LogP contribution >= 0.6 is 0 Å². The summed E-state index contributed by atoms with van der Waals surface area (Å²) in [4.78, 5) is 45.6. The molecule has 10 heteroatoms. The number of alkyl halides is 2. The van der Waals surface area contributed by atoms with Crippen molar-refractivity contribution in [2.24, 2.45) is 11.3 Å². The molecule has 0 aromatic heterocycles. The Morgan fingerprint density at radius 1 is 0.926 bits per heavy atom. The van der Waals surface area contributed by atoms with Crippen LogP contribution in [0.5, 0.6) is 0 Å². The summed E-state index contributed by atoms with van der Waals surface area (Å²) in [5.41, 5.74) is -4.62. The Labute approximate surface area is 149 Å². The molecular weight excluding hydrogens is 370 g/mol. The van der Waals surface area contributed by atoms with Gasteiger partial charge in [-0.15, -0.1) is 0 Å². The molecule has 0 bridgehead atoms. The molecule has 0 heterocycles. The topological polar surface area (TPSA) is 149 Å². The molecule has 27 heavy (non-hydrogen) atoms.